The Hall–Kier alpha value is -1.43. The second kappa shape index (κ2) is 5.91. The minimum absolute atomic E-state index is 0.0752. The van der Waals surface area contributed by atoms with Crippen molar-refractivity contribution in [2.45, 2.75) is 51.1 Å². The zero-order chi connectivity index (χ0) is 13.9. The fourth-order valence-electron chi connectivity index (χ4n) is 2.99. The van der Waals surface area contributed by atoms with Gasteiger partial charge in [-0.1, -0.05) is 18.6 Å². The van der Waals surface area contributed by atoms with Gasteiger partial charge in [0.05, 0.1) is 12.2 Å². The number of rotatable bonds is 5. The molecule has 2 unspecified atom stereocenters. The molecular weight excluding hydrogens is 254 g/mol. The summed E-state index contributed by atoms with van der Waals surface area (Å²) >= 11 is 0. The van der Waals surface area contributed by atoms with Crippen LogP contribution in [0.3, 0.4) is 0 Å². The molecular formula is C14H23N5O. The SMILES string of the molecule is CCCC1CC1NC(=O)c1cn(C2CCNCC2)nn1. The predicted molar refractivity (Wildman–Crippen MR) is 75.4 cm³/mol. The predicted octanol–water partition coefficient (Wildman–Crippen LogP) is 1.12. The Balaban J connectivity index is 1.55. The van der Waals surface area contributed by atoms with Crippen molar-refractivity contribution in [2.24, 2.45) is 5.92 Å². The molecule has 1 saturated carbocycles. The first kappa shape index (κ1) is 13.5. The molecule has 0 spiro atoms. The molecule has 0 radical (unpaired) electrons. The molecule has 3 rings (SSSR count). The number of carbonyl (C=O) groups excluding carboxylic acids is 1. The van der Waals surface area contributed by atoms with Crippen molar-refractivity contribution in [2.75, 3.05) is 13.1 Å². The van der Waals surface area contributed by atoms with Gasteiger partial charge in [0.1, 0.15) is 0 Å². The van der Waals surface area contributed by atoms with Gasteiger partial charge in [-0.15, -0.1) is 5.10 Å². The molecule has 2 aliphatic rings. The zero-order valence-electron chi connectivity index (χ0n) is 12.0. The maximum absolute atomic E-state index is 12.1. The fourth-order valence-corrected chi connectivity index (χ4v) is 2.99. The molecule has 1 saturated heterocycles. The maximum atomic E-state index is 12.1. The van der Waals surface area contributed by atoms with E-state index >= 15 is 0 Å². The Bertz CT molecular complexity index is 466. The molecule has 2 N–H and O–H groups in total. The highest BCUT2D eigenvalue weighted by Gasteiger charge is 2.37. The van der Waals surface area contributed by atoms with Crippen molar-refractivity contribution in [1.29, 1.82) is 0 Å². The summed E-state index contributed by atoms with van der Waals surface area (Å²) in [6.45, 7) is 4.20. The maximum Gasteiger partial charge on any atom is 0.273 e. The van der Waals surface area contributed by atoms with E-state index in [0.717, 1.165) is 32.4 Å². The van der Waals surface area contributed by atoms with Crippen LogP contribution in [0.4, 0.5) is 0 Å². The van der Waals surface area contributed by atoms with E-state index in [1.165, 1.54) is 12.8 Å². The van der Waals surface area contributed by atoms with Gasteiger partial charge in [-0.05, 0) is 44.7 Å². The number of hydrogen-bond acceptors (Lipinski definition) is 4. The normalized spacial score (nSPS) is 26.4. The molecule has 110 valence electrons. The molecule has 1 amide bonds. The average Bonchev–Trinajstić information content (AvgIpc) is 3.02. The molecule has 1 aliphatic heterocycles. The van der Waals surface area contributed by atoms with Crippen molar-refractivity contribution in [1.82, 2.24) is 25.6 Å². The molecule has 1 aromatic rings. The summed E-state index contributed by atoms with van der Waals surface area (Å²) in [7, 11) is 0. The van der Waals surface area contributed by atoms with E-state index in [4.69, 9.17) is 0 Å². The lowest BCUT2D eigenvalue weighted by atomic mass is 10.1. The average molecular weight is 277 g/mol. The van der Waals surface area contributed by atoms with Crippen molar-refractivity contribution in [3.8, 4) is 0 Å². The van der Waals surface area contributed by atoms with Crippen LogP contribution >= 0.6 is 0 Å². The van der Waals surface area contributed by atoms with Crippen LogP contribution in [-0.4, -0.2) is 40.0 Å². The summed E-state index contributed by atoms with van der Waals surface area (Å²) in [5, 5.41) is 14.5. The Kier molecular flexibility index (Phi) is 4.00. The highest BCUT2D eigenvalue weighted by Crippen LogP contribution is 2.34. The van der Waals surface area contributed by atoms with Crippen LogP contribution in [0.25, 0.3) is 0 Å². The topological polar surface area (TPSA) is 71.8 Å². The van der Waals surface area contributed by atoms with Crippen LogP contribution in [0, 0.1) is 5.92 Å². The molecule has 1 aromatic heterocycles. The lowest BCUT2D eigenvalue weighted by molar-refractivity contribution is 0.0943. The standard InChI is InChI=1S/C14H23N5O/c1-2-3-10-8-12(10)16-14(20)13-9-19(18-17-13)11-4-6-15-7-5-11/h9-12,15H,2-8H2,1H3,(H,16,20). The highest BCUT2D eigenvalue weighted by molar-refractivity contribution is 5.92. The summed E-state index contributed by atoms with van der Waals surface area (Å²) < 4.78 is 1.85. The number of aromatic nitrogens is 3. The van der Waals surface area contributed by atoms with Gasteiger partial charge < -0.3 is 10.6 Å². The summed E-state index contributed by atoms with van der Waals surface area (Å²) in [4.78, 5) is 12.1. The number of carbonyl (C=O) groups is 1. The van der Waals surface area contributed by atoms with Crippen molar-refractivity contribution in [3.63, 3.8) is 0 Å². The second-order valence-corrected chi connectivity index (χ2v) is 5.93. The molecule has 2 atom stereocenters. The number of nitrogens with one attached hydrogen (secondary N) is 2. The van der Waals surface area contributed by atoms with Crippen molar-refractivity contribution >= 4 is 5.91 Å². The number of piperidine rings is 1. The summed E-state index contributed by atoms with van der Waals surface area (Å²) in [6, 6.07) is 0.727. The minimum Gasteiger partial charge on any atom is -0.348 e. The molecule has 0 bridgehead atoms. The van der Waals surface area contributed by atoms with Crippen LogP contribution in [0.5, 0.6) is 0 Å². The van der Waals surface area contributed by atoms with E-state index in [2.05, 4.69) is 27.9 Å². The summed E-state index contributed by atoms with van der Waals surface area (Å²) in [6.07, 6.45) is 7.39. The van der Waals surface area contributed by atoms with E-state index in [1.54, 1.807) is 6.20 Å². The summed E-state index contributed by atoms with van der Waals surface area (Å²) in [5.74, 6) is 0.595. The second-order valence-electron chi connectivity index (χ2n) is 5.93. The van der Waals surface area contributed by atoms with E-state index in [9.17, 15) is 4.79 Å². The van der Waals surface area contributed by atoms with Gasteiger partial charge in [0.25, 0.3) is 5.91 Å². The van der Waals surface area contributed by atoms with Crippen LogP contribution in [0.2, 0.25) is 0 Å². The van der Waals surface area contributed by atoms with Crippen LogP contribution < -0.4 is 10.6 Å². The molecule has 2 fully saturated rings. The molecule has 6 heteroatoms. The van der Waals surface area contributed by atoms with Crippen LogP contribution in [-0.2, 0) is 0 Å². The first-order valence-electron chi connectivity index (χ1n) is 7.71. The lowest BCUT2D eigenvalue weighted by Gasteiger charge is -2.22. The van der Waals surface area contributed by atoms with Crippen LogP contribution in [0.1, 0.15) is 55.6 Å². The quantitative estimate of drug-likeness (QED) is 0.846. The Morgan fingerprint density at radius 3 is 3.05 bits per heavy atom. The third-order valence-electron chi connectivity index (χ3n) is 4.32. The van der Waals surface area contributed by atoms with Crippen molar-refractivity contribution < 1.29 is 4.79 Å². The largest absolute Gasteiger partial charge is 0.348 e. The van der Waals surface area contributed by atoms with Gasteiger partial charge >= 0.3 is 0 Å². The molecule has 0 aromatic carbocycles. The molecule has 2 heterocycles. The molecule has 1 aliphatic carbocycles. The minimum atomic E-state index is -0.0752. The number of amides is 1. The fraction of sp³-hybridized carbons (Fsp3) is 0.786. The van der Waals surface area contributed by atoms with Gasteiger partial charge in [0.15, 0.2) is 5.69 Å². The Labute approximate surface area is 119 Å². The lowest BCUT2D eigenvalue weighted by Crippen LogP contribution is -2.29. The smallest absolute Gasteiger partial charge is 0.273 e. The third kappa shape index (κ3) is 3.00. The number of nitrogens with zero attached hydrogens (tertiary/aromatic N) is 3. The number of hydrogen-bond donors (Lipinski definition) is 2. The summed E-state index contributed by atoms with van der Waals surface area (Å²) in [5.41, 5.74) is 0.450. The van der Waals surface area contributed by atoms with E-state index in [1.807, 2.05) is 4.68 Å². The Morgan fingerprint density at radius 2 is 2.30 bits per heavy atom. The first-order valence-corrected chi connectivity index (χ1v) is 7.71. The van der Waals surface area contributed by atoms with Gasteiger partial charge in [0.2, 0.25) is 0 Å². The molecule has 6 nitrogen and oxygen atoms in total. The Morgan fingerprint density at radius 1 is 1.50 bits per heavy atom. The van der Waals surface area contributed by atoms with Gasteiger partial charge in [-0.3, -0.25) is 4.79 Å². The highest BCUT2D eigenvalue weighted by atomic mass is 16.2. The van der Waals surface area contributed by atoms with Crippen molar-refractivity contribution in [3.05, 3.63) is 11.9 Å². The van der Waals surface area contributed by atoms with E-state index < -0.39 is 0 Å². The monoisotopic (exact) mass is 277 g/mol. The molecule has 20 heavy (non-hydrogen) atoms. The van der Waals surface area contributed by atoms with Gasteiger partial charge in [0, 0.05) is 6.04 Å². The third-order valence-corrected chi connectivity index (χ3v) is 4.32. The zero-order valence-corrected chi connectivity index (χ0v) is 12.0. The van der Waals surface area contributed by atoms with E-state index in [-0.39, 0.29) is 5.91 Å². The van der Waals surface area contributed by atoms with Gasteiger partial charge in [-0.2, -0.15) is 0 Å². The van der Waals surface area contributed by atoms with E-state index in [0.29, 0.717) is 23.7 Å². The first-order chi connectivity index (χ1) is 9.78. The van der Waals surface area contributed by atoms with Gasteiger partial charge in [-0.25, -0.2) is 4.68 Å². The van der Waals surface area contributed by atoms with Crippen LogP contribution in [0.15, 0.2) is 6.20 Å².